The zero-order valence-electron chi connectivity index (χ0n) is 29.2. The third-order valence-electron chi connectivity index (χ3n) is 6.94. The van der Waals surface area contributed by atoms with Crippen molar-refractivity contribution in [1.82, 2.24) is 36.0 Å². The molecule has 0 heterocycles. The number of carboxylic acid groups (broad SMARTS) is 4. The van der Waals surface area contributed by atoms with Gasteiger partial charge < -0.3 is 62.1 Å². The fraction of sp³-hybridized carbons (Fsp3) is 0.517. The van der Waals surface area contributed by atoms with Crippen LogP contribution in [0.4, 0.5) is 5.69 Å². The van der Waals surface area contributed by atoms with Crippen LogP contribution in [0.25, 0.3) is 0 Å². The van der Waals surface area contributed by atoms with Crippen molar-refractivity contribution < 1.29 is 79.2 Å². The van der Waals surface area contributed by atoms with E-state index in [-0.39, 0.29) is 60.4 Å². The third kappa shape index (κ3) is 18.9. The molecule has 1 aromatic carbocycles. The number of aliphatic hydroxyl groups excluding tert-OH is 4. The van der Waals surface area contributed by atoms with Gasteiger partial charge in [0.25, 0.3) is 11.8 Å². The summed E-state index contributed by atoms with van der Waals surface area (Å²) in [7, 11) is 0. The van der Waals surface area contributed by atoms with E-state index in [2.05, 4.69) is 26.6 Å². The summed E-state index contributed by atoms with van der Waals surface area (Å²) in [6.07, 6.45) is -3.35. The molecule has 13 N–H and O–H groups in total. The van der Waals surface area contributed by atoms with Gasteiger partial charge in [-0.15, -0.1) is 0 Å². The van der Waals surface area contributed by atoms with Crippen molar-refractivity contribution in [3.8, 4) is 0 Å². The normalized spacial score (nSPS) is 12.2. The number of aliphatic hydroxyl groups is 4. The Morgan fingerprint density at radius 2 is 0.946 bits per heavy atom. The fourth-order valence-corrected chi connectivity index (χ4v) is 8.91. The van der Waals surface area contributed by atoms with Gasteiger partial charge in [-0.2, -0.15) is 0 Å². The van der Waals surface area contributed by atoms with Gasteiger partial charge in [-0.25, -0.2) is 0 Å². The van der Waals surface area contributed by atoms with Gasteiger partial charge in [-0.3, -0.25) is 58.4 Å². The standard InChI is InChI=1S/C29H41I3N8O16/c30-24-22(28(55)36-16(45)11-41)25(31)27(26(32)23(24)29(56)37-17(46)12-42)35-15(44)6-34-14(43)5-33-13-40(10-21(53)54)4-2-38(7-18(47)48)1-3-39(8-19(49)50)9-20(51)52/h16-17,33,41-42,45-46H,1-13H2,(H,34,43)(H,35,44)(H,36,55)(H,37,56)(H,47,48)(H,49,50)(H,51,52)(H,53,54). The van der Waals surface area contributed by atoms with Gasteiger partial charge in [-0.05, 0) is 67.8 Å². The Bertz CT molecular complexity index is 1540. The molecule has 2 atom stereocenters. The SMILES string of the molecule is O=C(O)CN(CCN(CNCC(=O)NCC(=O)Nc1c(I)c(C(=O)NC(O)CO)c(I)c(C(=O)NC(O)CO)c1I)CC(=O)O)CCN(CC(=O)O)CC(=O)O. The zero-order valence-corrected chi connectivity index (χ0v) is 35.6. The lowest BCUT2D eigenvalue weighted by atomic mass is 10.1. The molecule has 0 aliphatic heterocycles. The average Bonchev–Trinajstić information content (AvgIpc) is 3.08. The van der Waals surface area contributed by atoms with E-state index >= 15 is 0 Å². The first-order valence-electron chi connectivity index (χ1n) is 15.9. The second-order valence-corrected chi connectivity index (χ2v) is 14.7. The molecule has 1 aromatic rings. The first-order valence-corrected chi connectivity index (χ1v) is 19.2. The minimum absolute atomic E-state index is 0.0312. The van der Waals surface area contributed by atoms with Crippen molar-refractivity contribution in [3.05, 3.63) is 21.8 Å². The molecule has 0 spiro atoms. The summed E-state index contributed by atoms with van der Waals surface area (Å²) in [6, 6.07) is 0. The van der Waals surface area contributed by atoms with Gasteiger partial charge in [0.15, 0.2) is 0 Å². The van der Waals surface area contributed by atoms with Gasteiger partial charge in [0.2, 0.25) is 11.8 Å². The number of nitrogens with one attached hydrogen (secondary N) is 5. The molecule has 56 heavy (non-hydrogen) atoms. The molecule has 0 aliphatic carbocycles. The molecule has 0 saturated heterocycles. The largest absolute Gasteiger partial charge is 0.480 e. The molecule has 314 valence electrons. The molecule has 0 radical (unpaired) electrons. The smallest absolute Gasteiger partial charge is 0.317 e. The lowest BCUT2D eigenvalue weighted by Crippen LogP contribution is -2.47. The molecule has 1 rings (SSSR count). The van der Waals surface area contributed by atoms with Gasteiger partial charge >= 0.3 is 23.9 Å². The highest BCUT2D eigenvalue weighted by atomic mass is 127. The van der Waals surface area contributed by atoms with Crippen LogP contribution in [0.5, 0.6) is 0 Å². The molecule has 0 aliphatic rings. The molecule has 0 saturated carbocycles. The quantitative estimate of drug-likeness (QED) is 0.0291. The van der Waals surface area contributed by atoms with Crippen LogP contribution in [0.3, 0.4) is 0 Å². The number of nitrogens with zero attached hydrogens (tertiary/aromatic N) is 3. The van der Waals surface area contributed by atoms with E-state index in [1.165, 1.54) is 9.80 Å². The van der Waals surface area contributed by atoms with Crippen molar-refractivity contribution in [3.63, 3.8) is 0 Å². The van der Waals surface area contributed by atoms with Gasteiger partial charge in [0.05, 0.1) is 76.4 Å². The molecular formula is C29H41I3N8O16. The van der Waals surface area contributed by atoms with Crippen LogP contribution >= 0.6 is 67.8 Å². The number of benzene rings is 1. The number of anilines is 1. The monoisotopic (exact) mass is 1140 g/mol. The number of carbonyl (C=O) groups excluding carboxylic acids is 4. The molecule has 0 fully saturated rings. The summed E-state index contributed by atoms with van der Waals surface area (Å²) in [5.41, 5.74) is -0.447. The Morgan fingerprint density at radius 1 is 0.554 bits per heavy atom. The van der Waals surface area contributed by atoms with E-state index in [1.54, 1.807) is 67.8 Å². The topological polar surface area (TPSA) is 368 Å². The van der Waals surface area contributed by atoms with E-state index in [0.717, 1.165) is 4.90 Å². The zero-order chi connectivity index (χ0) is 42.7. The maximum atomic E-state index is 13.0. The first-order chi connectivity index (χ1) is 26.2. The van der Waals surface area contributed by atoms with Crippen LogP contribution < -0.4 is 26.6 Å². The van der Waals surface area contributed by atoms with E-state index < -0.39 is 112 Å². The van der Waals surface area contributed by atoms with Crippen LogP contribution in [-0.2, 0) is 28.8 Å². The number of hydrogen-bond donors (Lipinski definition) is 13. The van der Waals surface area contributed by atoms with Crippen molar-refractivity contribution in [1.29, 1.82) is 0 Å². The number of carbonyl (C=O) groups is 8. The molecular weight excluding hydrogens is 1100 g/mol. The number of halogens is 3. The van der Waals surface area contributed by atoms with Gasteiger partial charge in [0.1, 0.15) is 12.5 Å². The predicted molar refractivity (Wildman–Crippen MR) is 215 cm³/mol. The number of amides is 4. The van der Waals surface area contributed by atoms with Crippen LogP contribution in [-0.4, -0.2) is 201 Å². The highest BCUT2D eigenvalue weighted by molar-refractivity contribution is 14.1. The minimum atomic E-state index is -1.67. The summed E-state index contributed by atoms with van der Waals surface area (Å²) < 4.78 is 0.222. The highest BCUT2D eigenvalue weighted by Crippen LogP contribution is 2.36. The first kappa shape index (κ1) is 50.9. The molecule has 2 unspecified atom stereocenters. The highest BCUT2D eigenvalue weighted by Gasteiger charge is 2.30. The molecule has 24 nitrogen and oxygen atoms in total. The predicted octanol–water partition coefficient (Wildman–Crippen LogP) is -4.57. The number of hydrogen-bond acceptors (Lipinski definition) is 16. The van der Waals surface area contributed by atoms with Crippen LogP contribution in [0.1, 0.15) is 20.7 Å². The minimum Gasteiger partial charge on any atom is -0.480 e. The van der Waals surface area contributed by atoms with Gasteiger partial charge in [0, 0.05) is 36.4 Å². The van der Waals surface area contributed by atoms with Crippen molar-refractivity contribution >= 4 is 121 Å². The Kier molecular flexibility index (Phi) is 23.6. The summed E-state index contributed by atoms with van der Waals surface area (Å²) in [6.45, 7) is -5.43. The van der Waals surface area contributed by atoms with Crippen molar-refractivity contribution in [2.75, 3.05) is 90.6 Å². The number of rotatable bonds is 27. The molecule has 0 bridgehead atoms. The van der Waals surface area contributed by atoms with E-state index in [9.17, 15) is 58.8 Å². The van der Waals surface area contributed by atoms with E-state index in [0.29, 0.717) is 0 Å². The molecule has 0 aromatic heterocycles. The Hall–Kier alpha value is -3.15. The lowest BCUT2D eigenvalue weighted by molar-refractivity contribution is -0.143. The van der Waals surface area contributed by atoms with Crippen LogP contribution in [0.15, 0.2) is 0 Å². The second kappa shape index (κ2) is 26.0. The van der Waals surface area contributed by atoms with Crippen molar-refractivity contribution in [2.24, 2.45) is 0 Å². The summed E-state index contributed by atoms with van der Waals surface area (Å²) in [5, 5.41) is 86.4. The Labute approximate surface area is 358 Å². The van der Waals surface area contributed by atoms with Crippen LogP contribution in [0, 0.1) is 10.7 Å². The van der Waals surface area contributed by atoms with Crippen molar-refractivity contribution in [2.45, 2.75) is 12.5 Å². The summed E-state index contributed by atoms with van der Waals surface area (Å²) >= 11 is 5.08. The number of carboxylic acids is 4. The van der Waals surface area contributed by atoms with Gasteiger partial charge in [-0.1, -0.05) is 0 Å². The molecule has 27 heteroatoms. The lowest BCUT2D eigenvalue weighted by Gasteiger charge is -2.28. The number of aliphatic carboxylic acids is 4. The maximum absolute atomic E-state index is 13.0. The van der Waals surface area contributed by atoms with E-state index in [4.69, 9.17) is 20.4 Å². The maximum Gasteiger partial charge on any atom is 0.317 e. The Morgan fingerprint density at radius 3 is 1.38 bits per heavy atom. The summed E-state index contributed by atoms with van der Waals surface area (Å²) in [4.78, 5) is 100. The van der Waals surface area contributed by atoms with Crippen LogP contribution in [0.2, 0.25) is 0 Å². The van der Waals surface area contributed by atoms with E-state index in [1.807, 2.05) is 0 Å². The Balaban J connectivity index is 2.99. The third-order valence-corrected chi connectivity index (χ3v) is 10.2. The molecule has 4 amide bonds. The average molecular weight is 1140 g/mol. The second-order valence-electron chi connectivity index (χ2n) is 11.4. The summed E-state index contributed by atoms with van der Waals surface area (Å²) in [5.74, 6) is -8.48. The fourth-order valence-electron chi connectivity index (χ4n) is 4.49.